The molecule has 1 N–H and O–H groups in total. The standard InChI is InChI=1S/C10H21N/c1-8(2)7-9(3)10(4,5)11-6/h9,11H,1,7H2,2-6H3. The highest BCUT2D eigenvalue weighted by molar-refractivity contribution is 4.95. The first-order valence-electron chi connectivity index (χ1n) is 4.23. The monoisotopic (exact) mass is 155 g/mol. The van der Waals surface area contributed by atoms with Crippen molar-refractivity contribution in [1.82, 2.24) is 5.32 Å². The third-order valence-corrected chi connectivity index (χ3v) is 2.53. The fourth-order valence-corrected chi connectivity index (χ4v) is 1.02. The quantitative estimate of drug-likeness (QED) is 0.615. The molecule has 1 atom stereocenters. The molecule has 0 aromatic carbocycles. The summed E-state index contributed by atoms with van der Waals surface area (Å²) in [7, 11) is 2.01. The summed E-state index contributed by atoms with van der Waals surface area (Å²) in [5.74, 6) is 0.644. The van der Waals surface area contributed by atoms with Crippen molar-refractivity contribution in [1.29, 1.82) is 0 Å². The zero-order valence-electron chi connectivity index (χ0n) is 8.49. The highest BCUT2D eigenvalue weighted by Gasteiger charge is 2.22. The van der Waals surface area contributed by atoms with Crippen LogP contribution in [0.4, 0.5) is 0 Å². The summed E-state index contributed by atoms with van der Waals surface area (Å²) in [6.45, 7) is 12.7. The lowest BCUT2D eigenvalue weighted by molar-refractivity contribution is 0.287. The molecule has 0 aliphatic carbocycles. The summed E-state index contributed by atoms with van der Waals surface area (Å²) in [5, 5.41) is 3.31. The molecule has 0 saturated heterocycles. The maximum atomic E-state index is 3.92. The van der Waals surface area contributed by atoms with Crippen LogP contribution in [0.25, 0.3) is 0 Å². The first-order valence-corrected chi connectivity index (χ1v) is 4.23. The number of allylic oxidation sites excluding steroid dienone is 1. The molecule has 1 nitrogen and oxygen atoms in total. The maximum Gasteiger partial charge on any atom is 0.0150 e. The minimum absolute atomic E-state index is 0.221. The second kappa shape index (κ2) is 3.91. The summed E-state index contributed by atoms with van der Waals surface area (Å²) >= 11 is 0. The van der Waals surface area contributed by atoms with Crippen LogP contribution in [0.3, 0.4) is 0 Å². The fraction of sp³-hybridized carbons (Fsp3) is 0.800. The molecule has 0 fully saturated rings. The first kappa shape index (κ1) is 10.7. The largest absolute Gasteiger partial charge is 0.315 e. The zero-order valence-corrected chi connectivity index (χ0v) is 8.49. The van der Waals surface area contributed by atoms with Crippen molar-refractivity contribution in [2.45, 2.75) is 39.7 Å². The van der Waals surface area contributed by atoms with Crippen LogP contribution in [-0.4, -0.2) is 12.6 Å². The smallest absolute Gasteiger partial charge is 0.0150 e. The molecule has 0 radical (unpaired) electrons. The van der Waals surface area contributed by atoms with Crippen molar-refractivity contribution in [2.24, 2.45) is 5.92 Å². The van der Waals surface area contributed by atoms with Gasteiger partial charge in [-0.05, 0) is 40.2 Å². The average molecular weight is 155 g/mol. The van der Waals surface area contributed by atoms with Crippen molar-refractivity contribution < 1.29 is 0 Å². The molecule has 0 saturated carbocycles. The number of nitrogens with one attached hydrogen (secondary N) is 1. The predicted octanol–water partition coefficient (Wildman–Crippen LogP) is 2.59. The number of hydrogen-bond donors (Lipinski definition) is 1. The van der Waals surface area contributed by atoms with Crippen LogP contribution in [0.2, 0.25) is 0 Å². The second-order valence-corrected chi connectivity index (χ2v) is 4.03. The molecule has 1 heteroatoms. The van der Waals surface area contributed by atoms with E-state index in [-0.39, 0.29) is 5.54 Å². The Kier molecular flexibility index (Phi) is 3.81. The molecule has 1 unspecified atom stereocenters. The van der Waals surface area contributed by atoms with E-state index in [9.17, 15) is 0 Å². The highest BCUT2D eigenvalue weighted by Crippen LogP contribution is 2.21. The third kappa shape index (κ3) is 3.57. The topological polar surface area (TPSA) is 12.0 Å². The van der Waals surface area contributed by atoms with Crippen molar-refractivity contribution >= 4 is 0 Å². The van der Waals surface area contributed by atoms with Crippen LogP contribution >= 0.6 is 0 Å². The van der Waals surface area contributed by atoms with E-state index in [1.54, 1.807) is 0 Å². The predicted molar refractivity (Wildman–Crippen MR) is 51.7 cm³/mol. The van der Waals surface area contributed by atoms with E-state index in [4.69, 9.17) is 0 Å². The van der Waals surface area contributed by atoms with E-state index >= 15 is 0 Å². The highest BCUT2D eigenvalue weighted by atomic mass is 14.9. The summed E-state index contributed by atoms with van der Waals surface area (Å²) in [5.41, 5.74) is 1.49. The molecular weight excluding hydrogens is 134 g/mol. The Bertz CT molecular complexity index is 136. The Morgan fingerprint density at radius 3 is 2.27 bits per heavy atom. The normalized spacial score (nSPS) is 14.6. The van der Waals surface area contributed by atoms with Gasteiger partial charge < -0.3 is 5.32 Å². The minimum Gasteiger partial charge on any atom is -0.315 e. The SMILES string of the molecule is C=C(C)CC(C)C(C)(C)NC. The van der Waals surface area contributed by atoms with Gasteiger partial charge in [-0.1, -0.05) is 12.5 Å². The maximum absolute atomic E-state index is 3.92. The molecule has 0 bridgehead atoms. The van der Waals surface area contributed by atoms with Gasteiger partial charge in [0.05, 0.1) is 0 Å². The molecule has 0 aromatic rings. The molecule has 0 aliphatic heterocycles. The number of rotatable bonds is 4. The van der Waals surface area contributed by atoms with Gasteiger partial charge in [-0.3, -0.25) is 0 Å². The van der Waals surface area contributed by atoms with Crippen LogP contribution in [0.1, 0.15) is 34.1 Å². The van der Waals surface area contributed by atoms with Gasteiger partial charge in [-0.2, -0.15) is 0 Å². The van der Waals surface area contributed by atoms with E-state index in [1.165, 1.54) is 5.57 Å². The third-order valence-electron chi connectivity index (χ3n) is 2.53. The second-order valence-electron chi connectivity index (χ2n) is 4.03. The van der Waals surface area contributed by atoms with Gasteiger partial charge in [0.1, 0.15) is 0 Å². The Balaban J connectivity index is 4.01. The molecule has 0 amide bonds. The van der Waals surface area contributed by atoms with Gasteiger partial charge in [0.2, 0.25) is 0 Å². The van der Waals surface area contributed by atoms with E-state index in [1.807, 2.05) is 7.05 Å². The van der Waals surface area contributed by atoms with Crippen molar-refractivity contribution in [2.75, 3.05) is 7.05 Å². The minimum atomic E-state index is 0.221. The van der Waals surface area contributed by atoms with Crippen LogP contribution < -0.4 is 5.32 Å². The molecule has 0 rings (SSSR count). The van der Waals surface area contributed by atoms with Crippen molar-refractivity contribution in [3.05, 3.63) is 12.2 Å². The Hall–Kier alpha value is -0.300. The number of hydrogen-bond acceptors (Lipinski definition) is 1. The lowest BCUT2D eigenvalue weighted by atomic mass is 9.85. The first-order chi connectivity index (χ1) is 4.90. The van der Waals surface area contributed by atoms with Gasteiger partial charge in [0.25, 0.3) is 0 Å². The van der Waals surface area contributed by atoms with Crippen molar-refractivity contribution in [3.8, 4) is 0 Å². The molecular formula is C10H21N. The summed E-state index contributed by atoms with van der Waals surface area (Å²) < 4.78 is 0. The lowest BCUT2D eigenvalue weighted by Crippen LogP contribution is -2.42. The Morgan fingerprint density at radius 2 is 2.00 bits per heavy atom. The molecule has 11 heavy (non-hydrogen) atoms. The summed E-state index contributed by atoms with van der Waals surface area (Å²) in [6, 6.07) is 0. The van der Waals surface area contributed by atoms with Gasteiger partial charge in [-0.15, -0.1) is 6.58 Å². The van der Waals surface area contributed by atoms with E-state index in [0.717, 1.165) is 6.42 Å². The summed E-state index contributed by atoms with van der Waals surface area (Å²) in [6.07, 6.45) is 1.10. The van der Waals surface area contributed by atoms with Crippen LogP contribution in [-0.2, 0) is 0 Å². The molecule has 66 valence electrons. The van der Waals surface area contributed by atoms with Gasteiger partial charge in [0.15, 0.2) is 0 Å². The van der Waals surface area contributed by atoms with E-state index in [0.29, 0.717) is 5.92 Å². The zero-order chi connectivity index (χ0) is 9.07. The Labute approximate surface area is 70.9 Å². The van der Waals surface area contributed by atoms with Gasteiger partial charge in [-0.25, -0.2) is 0 Å². The lowest BCUT2D eigenvalue weighted by Gasteiger charge is -2.31. The van der Waals surface area contributed by atoms with Gasteiger partial charge >= 0.3 is 0 Å². The molecule has 0 spiro atoms. The molecule has 0 aliphatic rings. The fourth-order valence-electron chi connectivity index (χ4n) is 1.02. The van der Waals surface area contributed by atoms with E-state index < -0.39 is 0 Å². The van der Waals surface area contributed by atoms with Crippen LogP contribution in [0.15, 0.2) is 12.2 Å². The molecule has 0 aromatic heterocycles. The summed E-state index contributed by atoms with van der Waals surface area (Å²) in [4.78, 5) is 0. The molecule has 0 heterocycles. The van der Waals surface area contributed by atoms with E-state index in [2.05, 4.69) is 39.6 Å². The van der Waals surface area contributed by atoms with Crippen LogP contribution in [0, 0.1) is 5.92 Å². The van der Waals surface area contributed by atoms with Gasteiger partial charge in [0, 0.05) is 5.54 Å². The van der Waals surface area contributed by atoms with Crippen LogP contribution in [0.5, 0.6) is 0 Å². The average Bonchev–Trinajstić information content (AvgIpc) is 1.86. The Morgan fingerprint density at radius 1 is 1.55 bits per heavy atom. The van der Waals surface area contributed by atoms with Crippen molar-refractivity contribution in [3.63, 3.8) is 0 Å².